The molecule has 3 N–H and O–H groups in total. The molecule has 0 heterocycles. The van der Waals surface area contributed by atoms with Crippen molar-refractivity contribution in [3.63, 3.8) is 0 Å². The van der Waals surface area contributed by atoms with Crippen molar-refractivity contribution in [3.8, 4) is 11.5 Å². The quantitative estimate of drug-likeness (QED) is 0.249. The van der Waals surface area contributed by atoms with E-state index in [4.69, 9.17) is 21.1 Å². The molecule has 3 aromatic carbocycles. The SMILES string of the molecule is COc1cc(/C=N\NC(=O)C(=O)Nc2ccccc2F)ccc1OCC(=O)Nc1cccc(Cl)c1. The van der Waals surface area contributed by atoms with Gasteiger partial charge >= 0.3 is 11.8 Å². The van der Waals surface area contributed by atoms with E-state index in [9.17, 15) is 18.8 Å². The minimum atomic E-state index is -1.08. The standard InChI is InChI=1S/C24H20ClFN4O5/c1-34-21-11-15(13-27-30-24(33)23(32)29-19-8-3-2-7-18(19)26)9-10-20(21)35-14-22(31)28-17-6-4-5-16(25)12-17/h2-13H,14H2,1H3,(H,28,31)(H,29,32)(H,30,33)/b27-13-. The van der Waals surface area contributed by atoms with Crippen molar-refractivity contribution in [1.82, 2.24) is 5.43 Å². The topological polar surface area (TPSA) is 118 Å². The van der Waals surface area contributed by atoms with E-state index in [1.54, 1.807) is 42.5 Å². The number of benzene rings is 3. The van der Waals surface area contributed by atoms with Gasteiger partial charge in [0.05, 0.1) is 19.0 Å². The third-order valence-electron chi connectivity index (χ3n) is 4.36. The summed E-state index contributed by atoms with van der Waals surface area (Å²) in [6.07, 6.45) is 1.27. The van der Waals surface area contributed by atoms with E-state index in [1.807, 2.05) is 0 Å². The van der Waals surface area contributed by atoms with Crippen LogP contribution in [-0.2, 0) is 14.4 Å². The Labute approximate surface area is 204 Å². The first kappa shape index (κ1) is 25.2. The average Bonchev–Trinajstić information content (AvgIpc) is 2.84. The number of nitrogens with zero attached hydrogens (tertiary/aromatic N) is 1. The highest BCUT2D eigenvalue weighted by atomic mass is 35.5. The Kier molecular flexibility index (Phi) is 8.74. The molecule has 0 bridgehead atoms. The Morgan fingerprint density at radius 3 is 2.51 bits per heavy atom. The molecule has 0 saturated carbocycles. The summed E-state index contributed by atoms with van der Waals surface area (Å²) in [6, 6.07) is 16.9. The Morgan fingerprint density at radius 2 is 1.77 bits per heavy atom. The van der Waals surface area contributed by atoms with E-state index >= 15 is 0 Å². The molecule has 0 aliphatic heterocycles. The highest BCUT2D eigenvalue weighted by Gasteiger charge is 2.15. The van der Waals surface area contributed by atoms with Crippen molar-refractivity contribution in [2.24, 2.45) is 5.10 Å². The van der Waals surface area contributed by atoms with Gasteiger partial charge in [0.15, 0.2) is 18.1 Å². The maximum Gasteiger partial charge on any atom is 0.329 e. The number of anilines is 2. The van der Waals surface area contributed by atoms with Crippen LogP contribution in [0.25, 0.3) is 0 Å². The fourth-order valence-corrected chi connectivity index (χ4v) is 2.94. The molecule has 3 aromatic rings. The molecule has 3 rings (SSSR count). The van der Waals surface area contributed by atoms with Gasteiger partial charge in [0.2, 0.25) is 0 Å². The van der Waals surface area contributed by atoms with Crippen molar-refractivity contribution < 1.29 is 28.2 Å². The van der Waals surface area contributed by atoms with Gasteiger partial charge in [0, 0.05) is 10.7 Å². The van der Waals surface area contributed by atoms with Crippen LogP contribution in [0.2, 0.25) is 5.02 Å². The highest BCUT2D eigenvalue weighted by molar-refractivity contribution is 6.39. The first-order valence-corrected chi connectivity index (χ1v) is 10.5. The first-order chi connectivity index (χ1) is 16.9. The maximum absolute atomic E-state index is 13.6. The second kappa shape index (κ2) is 12.1. The van der Waals surface area contributed by atoms with E-state index in [0.717, 1.165) is 6.07 Å². The Bertz CT molecular complexity index is 1270. The summed E-state index contributed by atoms with van der Waals surface area (Å²) in [4.78, 5) is 35.9. The number of hydrogen-bond acceptors (Lipinski definition) is 6. The number of carbonyl (C=O) groups is 3. The van der Waals surface area contributed by atoms with Crippen molar-refractivity contribution in [2.45, 2.75) is 0 Å². The second-order valence-corrected chi connectivity index (χ2v) is 7.33. The van der Waals surface area contributed by atoms with Crippen LogP contribution in [0.1, 0.15) is 5.56 Å². The van der Waals surface area contributed by atoms with Gasteiger partial charge in [0.1, 0.15) is 5.82 Å². The van der Waals surface area contributed by atoms with E-state index in [2.05, 4.69) is 21.2 Å². The molecule has 0 aliphatic rings. The maximum atomic E-state index is 13.6. The zero-order valence-corrected chi connectivity index (χ0v) is 19.1. The third-order valence-corrected chi connectivity index (χ3v) is 4.60. The van der Waals surface area contributed by atoms with Crippen LogP contribution in [0.4, 0.5) is 15.8 Å². The molecular weight excluding hydrogens is 479 g/mol. The Hall–Kier alpha value is -4.44. The smallest absolute Gasteiger partial charge is 0.329 e. The number of methoxy groups -OCH3 is 1. The molecule has 0 unspecified atom stereocenters. The molecule has 0 saturated heterocycles. The zero-order valence-electron chi connectivity index (χ0n) is 18.4. The summed E-state index contributed by atoms with van der Waals surface area (Å²) >= 11 is 5.90. The van der Waals surface area contributed by atoms with Crippen molar-refractivity contribution in [1.29, 1.82) is 0 Å². The second-order valence-electron chi connectivity index (χ2n) is 6.89. The lowest BCUT2D eigenvalue weighted by molar-refractivity contribution is -0.136. The van der Waals surface area contributed by atoms with Gasteiger partial charge in [-0.25, -0.2) is 9.82 Å². The van der Waals surface area contributed by atoms with E-state index in [-0.39, 0.29) is 12.3 Å². The lowest BCUT2D eigenvalue weighted by atomic mass is 10.2. The molecule has 0 atom stereocenters. The van der Waals surface area contributed by atoms with Crippen LogP contribution >= 0.6 is 11.6 Å². The summed E-state index contributed by atoms with van der Waals surface area (Å²) < 4.78 is 24.4. The van der Waals surface area contributed by atoms with Crippen LogP contribution < -0.4 is 25.5 Å². The number of para-hydroxylation sites is 1. The van der Waals surface area contributed by atoms with E-state index in [0.29, 0.717) is 27.8 Å². The molecule has 0 fully saturated rings. The molecule has 0 radical (unpaired) electrons. The van der Waals surface area contributed by atoms with E-state index < -0.39 is 23.5 Å². The largest absolute Gasteiger partial charge is 0.493 e. The van der Waals surface area contributed by atoms with Gasteiger partial charge in [0.25, 0.3) is 5.91 Å². The number of amides is 3. The number of hydrazone groups is 1. The summed E-state index contributed by atoms with van der Waals surface area (Å²) in [5, 5.41) is 9.01. The lowest BCUT2D eigenvalue weighted by Gasteiger charge is -2.11. The normalized spacial score (nSPS) is 10.5. The minimum absolute atomic E-state index is 0.127. The summed E-state index contributed by atoms with van der Waals surface area (Å²) in [6.45, 7) is -0.274. The molecule has 9 nitrogen and oxygen atoms in total. The predicted octanol–water partition coefficient (Wildman–Crippen LogP) is 3.59. The van der Waals surface area contributed by atoms with Gasteiger partial charge in [-0.1, -0.05) is 29.8 Å². The number of rotatable bonds is 8. The molecule has 3 amide bonds. The van der Waals surface area contributed by atoms with Gasteiger partial charge in [-0.2, -0.15) is 5.10 Å². The van der Waals surface area contributed by atoms with Gasteiger partial charge < -0.3 is 20.1 Å². The van der Waals surface area contributed by atoms with Gasteiger partial charge in [-0.05, 0) is 54.1 Å². The monoisotopic (exact) mass is 498 g/mol. The van der Waals surface area contributed by atoms with Crippen LogP contribution in [0.3, 0.4) is 0 Å². The Morgan fingerprint density at radius 1 is 0.971 bits per heavy atom. The lowest BCUT2D eigenvalue weighted by Crippen LogP contribution is -2.32. The predicted molar refractivity (Wildman–Crippen MR) is 129 cm³/mol. The third kappa shape index (κ3) is 7.54. The summed E-state index contributed by atoms with van der Waals surface area (Å²) in [7, 11) is 1.42. The fraction of sp³-hybridized carbons (Fsp3) is 0.0833. The van der Waals surface area contributed by atoms with Crippen LogP contribution in [-0.4, -0.2) is 37.7 Å². The fourth-order valence-electron chi connectivity index (χ4n) is 2.75. The summed E-state index contributed by atoms with van der Waals surface area (Å²) in [5.74, 6) is -2.61. The Balaban J connectivity index is 1.53. The molecule has 0 spiro atoms. The van der Waals surface area contributed by atoms with Crippen molar-refractivity contribution in [2.75, 3.05) is 24.4 Å². The number of halogens is 2. The van der Waals surface area contributed by atoms with Crippen LogP contribution in [0.15, 0.2) is 71.8 Å². The number of hydrogen-bond donors (Lipinski definition) is 3. The summed E-state index contributed by atoms with van der Waals surface area (Å²) in [5.41, 5.74) is 2.97. The zero-order chi connectivity index (χ0) is 25.2. The van der Waals surface area contributed by atoms with Crippen molar-refractivity contribution >= 4 is 46.9 Å². The van der Waals surface area contributed by atoms with Crippen LogP contribution in [0.5, 0.6) is 11.5 Å². The van der Waals surface area contributed by atoms with Crippen LogP contribution in [0, 0.1) is 5.82 Å². The molecular formula is C24H20ClFN4O5. The highest BCUT2D eigenvalue weighted by Crippen LogP contribution is 2.27. The first-order valence-electron chi connectivity index (χ1n) is 10.1. The number of nitrogens with one attached hydrogen (secondary N) is 3. The molecule has 11 heteroatoms. The average molecular weight is 499 g/mol. The molecule has 0 aliphatic carbocycles. The van der Waals surface area contributed by atoms with Crippen molar-refractivity contribution in [3.05, 3.63) is 83.1 Å². The van der Waals surface area contributed by atoms with E-state index in [1.165, 1.54) is 31.5 Å². The molecule has 180 valence electrons. The van der Waals surface area contributed by atoms with Gasteiger partial charge in [-0.3, -0.25) is 14.4 Å². The number of carbonyl (C=O) groups excluding carboxylic acids is 3. The molecule has 35 heavy (non-hydrogen) atoms. The minimum Gasteiger partial charge on any atom is -0.493 e. The van der Waals surface area contributed by atoms with Gasteiger partial charge in [-0.15, -0.1) is 0 Å². The molecule has 0 aromatic heterocycles. The number of ether oxygens (including phenoxy) is 2.